The molecule has 14 rings (SSSR count). The average molecular weight is 1030 g/mol. The zero-order valence-corrected chi connectivity index (χ0v) is 46.5. The molecule has 0 aliphatic carbocycles. The van der Waals surface area contributed by atoms with Crippen molar-refractivity contribution >= 4 is 78.8 Å². The molecule has 2 aliphatic heterocycles. The van der Waals surface area contributed by atoms with Crippen LogP contribution in [0.15, 0.2) is 267 Å². The second kappa shape index (κ2) is 19.3. The molecule has 3 heteroatoms. The molecule has 12 aromatic carbocycles. The van der Waals surface area contributed by atoms with Gasteiger partial charge in [-0.25, -0.2) is 0 Å². The molecule has 0 saturated carbocycles. The van der Waals surface area contributed by atoms with Gasteiger partial charge in [0, 0.05) is 45.0 Å². The summed E-state index contributed by atoms with van der Waals surface area (Å²) in [5, 5.41) is 5.02. The fraction of sp³-hybridized carbons (Fsp3) is 0.117. The van der Waals surface area contributed by atoms with Crippen molar-refractivity contribution in [3.05, 3.63) is 295 Å². The molecule has 2 aliphatic rings. The Kier molecular flexibility index (Phi) is 11.9. The second-order valence-electron chi connectivity index (χ2n) is 23.4. The van der Waals surface area contributed by atoms with Crippen molar-refractivity contribution in [3.63, 3.8) is 0 Å². The highest BCUT2D eigenvalue weighted by Crippen LogP contribution is 2.50. The van der Waals surface area contributed by atoms with Gasteiger partial charge in [-0.3, -0.25) is 0 Å². The molecule has 0 bridgehead atoms. The maximum Gasteiger partial charge on any atom is 0.252 e. The van der Waals surface area contributed by atoms with Crippen LogP contribution < -0.4 is 26.2 Å². The van der Waals surface area contributed by atoms with E-state index in [0.29, 0.717) is 0 Å². The van der Waals surface area contributed by atoms with Crippen LogP contribution in [-0.4, -0.2) is 6.71 Å². The van der Waals surface area contributed by atoms with E-state index in [4.69, 9.17) is 0 Å². The van der Waals surface area contributed by atoms with Gasteiger partial charge in [0.2, 0.25) is 0 Å². The van der Waals surface area contributed by atoms with Crippen molar-refractivity contribution < 1.29 is 0 Å². The van der Waals surface area contributed by atoms with Gasteiger partial charge in [0.05, 0.1) is 0 Å². The van der Waals surface area contributed by atoms with E-state index in [1.807, 2.05) is 0 Å². The summed E-state index contributed by atoms with van der Waals surface area (Å²) in [6, 6.07) is 100. The van der Waals surface area contributed by atoms with Crippen LogP contribution >= 0.6 is 0 Å². The molecule has 0 saturated heterocycles. The number of rotatable bonds is 10. The molecule has 0 fully saturated rings. The van der Waals surface area contributed by atoms with E-state index in [1.54, 1.807) is 0 Å². The molecular formula is C77H63BN2. The number of para-hydroxylation sites is 2. The van der Waals surface area contributed by atoms with Crippen LogP contribution in [-0.2, 0) is 10.8 Å². The second-order valence-corrected chi connectivity index (χ2v) is 23.4. The van der Waals surface area contributed by atoms with E-state index in [-0.39, 0.29) is 23.5 Å². The Morgan fingerprint density at radius 3 is 1.10 bits per heavy atom. The Bertz CT molecular complexity index is 4090. The molecule has 0 radical (unpaired) electrons. The molecule has 384 valence electrons. The van der Waals surface area contributed by atoms with E-state index >= 15 is 0 Å². The minimum atomic E-state index is -0.261. The third-order valence-corrected chi connectivity index (χ3v) is 17.8. The van der Waals surface area contributed by atoms with Crippen molar-refractivity contribution in [2.45, 2.75) is 58.3 Å². The SMILES string of the molecule is CC(C)c1cc(-c2cc3c4c(c2)N(c2ccccc2)c2ccc(C(C)(C)c5ccccc5)cc2B4c2cc(C(C)(C)c4ccccc4)ccc2N3c2ccccc2)cc(-c2c3ccccc3c(-c3ccccc3)c3ccccc23)c1. The van der Waals surface area contributed by atoms with Crippen LogP contribution in [0.5, 0.6) is 0 Å². The summed E-state index contributed by atoms with van der Waals surface area (Å²) < 4.78 is 0. The van der Waals surface area contributed by atoms with E-state index in [9.17, 15) is 0 Å². The molecular weight excluding hydrogens is 964 g/mol. The zero-order chi connectivity index (χ0) is 54.3. The topological polar surface area (TPSA) is 6.48 Å². The summed E-state index contributed by atoms with van der Waals surface area (Å²) in [5.41, 5.74) is 24.3. The van der Waals surface area contributed by atoms with E-state index in [1.165, 1.54) is 122 Å². The number of hydrogen-bond acceptors (Lipinski definition) is 2. The molecule has 0 aromatic heterocycles. The summed E-state index contributed by atoms with van der Waals surface area (Å²) in [6.07, 6.45) is 0. The molecule has 2 nitrogen and oxygen atoms in total. The molecule has 80 heavy (non-hydrogen) atoms. The quantitative estimate of drug-likeness (QED) is 0.0995. The van der Waals surface area contributed by atoms with Gasteiger partial charge < -0.3 is 9.80 Å². The molecule has 0 unspecified atom stereocenters. The standard InChI is InChI=1S/C77H63BN2/c1-51(2)53-44-54(46-56(45-53)74-65-38-24-22-36-63(65)73(52-26-12-7-13-27-52)64-37-23-25-39-66(64)74)55-47-71-75-72(48-55)80(62-34-20-11-21-35-62)70-43-41-60(77(5,6)58-30-16-9-17-31-58)50-68(70)78(75)67-49-59(76(3,4)57-28-14-8-15-29-57)40-42-69(67)79(71)61-32-18-10-19-33-61/h7-51H,1-6H3. The Balaban J connectivity index is 1.07. The molecule has 0 N–H and O–H groups in total. The van der Waals surface area contributed by atoms with Gasteiger partial charge in [-0.1, -0.05) is 254 Å². The van der Waals surface area contributed by atoms with E-state index in [2.05, 4.69) is 318 Å². The minimum Gasteiger partial charge on any atom is -0.311 e. The maximum atomic E-state index is 2.57. The highest BCUT2D eigenvalue weighted by atomic mass is 15.2. The van der Waals surface area contributed by atoms with Crippen molar-refractivity contribution in [3.8, 4) is 33.4 Å². The smallest absolute Gasteiger partial charge is 0.252 e. The van der Waals surface area contributed by atoms with Gasteiger partial charge in [-0.2, -0.15) is 0 Å². The zero-order valence-electron chi connectivity index (χ0n) is 46.5. The number of hydrogen-bond donors (Lipinski definition) is 0. The monoisotopic (exact) mass is 1030 g/mol. The van der Waals surface area contributed by atoms with Crippen LogP contribution in [0.4, 0.5) is 34.1 Å². The summed E-state index contributed by atoms with van der Waals surface area (Å²) in [5.74, 6) is 0.277. The van der Waals surface area contributed by atoms with Crippen LogP contribution in [0.2, 0.25) is 0 Å². The van der Waals surface area contributed by atoms with Crippen LogP contribution in [0, 0.1) is 0 Å². The van der Waals surface area contributed by atoms with E-state index < -0.39 is 0 Å². The first-order valence-electron chi connectivity index (χ1n) is 28.5. The van der Waals surface area contributed by atoms with Gasteiger partial charge >= 0.3 is 0 Å². The third-order valence-electron chi connectivity index (χ3n) is 17.8. The predicted molar refractivity (Wildman–Crippen MR) is 343 cm³/mol. The lowest BCUT2D eigenvalue weighted by Crippen LogP contribution is -2.61. The maximum absolute atomic E-state index is 2.57. The fourth-order valence-electron chi connectivity index (χ4n) is 13.4. The Hall–Kier alpha value is -9.18. The Morgan fingerprint density at radius 1 is 0.312 bits per heavy atom. The largest absolute Gasteiger partial charge is 0.311 e. The number of anilines is 6. The third kappa shape index (κ3) is 8.01. The highest BCUT2D eigenvalue weighted by molar-refractivity contribution is 7.00. The lowest BCUT2D eigenvalue weighted by Gasteiger charge is -2.45. The lowest BCUT2D eigenvalue weighted by atomic mass is 9.33. The molecule has 2 heterocycles. The van der Waals surface area contributed by atoms with Crippen molar-refractivity contribution in [1.82, 2.24) is 0 Å². The van der Waals surface area contributed by atoms with Gasteiger partial charge in [0.15, 0.2) is 0 Å². The van der Waals surface area contributed by atoms with Crippen LogP contribution in [0.3, 0.4) is 0 Å². The minimum absolute atomic E-state index is 0.0876. The number of benzene rings is 12. The van der Waals surface area contributed by atoms with E-state index in [0.717, 1.165) is 11.4 Å². The van der Waals surface area contributed by atoms with Gasteiger partial charge in [0.1, 0.15) is 0 Å². The van der Waals surface area contributed by atoms with Crippen LogP contribution in [0.25, 0.3) is 54.9 Å². The van der Waals surface area contributed by atoms with Crippen LogP contribution in [0.1, 0.15) is 75.3 Å². The van der Waals surface area contributed by atoms with Gasteiger partial charge in [0.25, 0.3) is 6.71 Å². The number of fused-ring (bicyclic) bond motifs is 6. The normalized spacial score (nSPS) is 12.9. The predicted octanol–water partition coefficient (Wildman–Crippen LogP) is 18.9. The first-order valence-corrected chi connectivity index (χ1v) is 28.5. The Morgan fingerprint density at radius 2 is 0.675 bits per heavy atom. The summed E-state index contributed by atoms with van der Waals surface area (Å²) in [4.78, 5) is 5.13. The number of nitrogens with zero attached hydrogens (tertiary/aromatic N) is 2. The first kappa shape index (κ1) is 49.1. The summed E-state index contributed by atoms with van der Waals surface area (Å²) in [6.45, 7) is 14.1. The fourth-order valence-corrected chi connectivity index (χ4v) is 13.4. The van der Waals surface area contributed by atoms with Crippen molar-refractivity contribution in [1.29, 1.82) is 0 Å². The summed E-state index contributed by atoms with van der Waals surface area (Å²) in [7, 11) is 0. The summed E-state index contributed by atoms with van der Waals surface area (Å²) >= 11 is 0. The lowest BCUT2D eigenvalue weighted by molar-refractivity contribution is 0.641. The van der Waals surface area contributed by atoms with Gasteiger partial charge in [-0.15, -0.1) is 0 Å². The molecule has 12 aromatic rings. The molecule has 0 spiro atoms. The van der Waals surface area contributed by atoms with Gasteiger partial charge in [-0.05, 0) is 160 Å². The highest BCUT2D eigenvalue weighted by Gasteiger charge is 2.45. The molecule has 0 amide bonds. The molecule has 0 atom stereocenters. The van der Waals surface area contributed by atoms with Crippen molar-refractivity contribution in [2.24, 2.45) is 0 Å². The van der Waals surface area contributed by atoms with Crippen molar-refractivity contribution in [2.75, 3.05) is 9.80 Å². The average Bonchev–Trinajstić information content (AvgIpc) is 3.65. The first-order chi connectivity index (χ1) is 39.0. The Labute approximate surface area is 472 Å².